The highest BCUT2D eigenvalue weighted by atomic mass is 16.3. The van der Waals surface area contributed by atoms with Crippen molar-refractivity contribution in [2.45, 2.75) is 44.1 Å². The molecular weight excluding hydrogens is 246 g/mol. The summed E-state index contributed by atoms with van der Waals surface area (Å²) in [5.74, 6) is 2.93. The third kappa shape index (κ3) is 1.74. The number of nitrogens with zero attached hydrogens (tertiary/aromatic N) is 1. The fourth-order valence-electron chi connectivity index (χ4n) is 5.45. The normalized spacial score (nSPS) is 37.9. The first-order valence-electron chi connectivity index (χ1n) is 8.21. The predicted molar refractivity (Wildman–Crippen MR) is 80.8 cm³/mol. The van der Waals surface area contributed by atoms with E-state index in [-0.39, 0.29) is 0 Å². The summed E-state index contributed by atoms with van der Waals surface area (Å²) in [6.07, 6.45) is 6.75. The molecule has 1 aromatic carbocycles. The van der Waals surface area contributed by atoms with Crippen LogP contribution < -0.4 is 0 Å². The lowest BCUT2D eigenvalue weighted by molar-refractivity contribution is -0.926. The number of likely N-dealkylation sites (tertiary alicyclic amines) is 1. The Hall–Kier alpha value is -1.02. The lowest BCUT2D eigenvalue weighted by Crippen LogP contribution is -2.62. The van der Waals surface area contributed by atoms with E-state index in [0.717, 1.165) is 17.9 Å². The van der Waals surface area contributed by atoms with E-state index in [2.05, 4.69) is 26.2 Å². The number of fused-ring (bicyclic) bond motifs is 2. The van der Waals surface area contributed by atoms with Crippen LogP contribution in [0.2, 0.25) is 0 Å². The number of piperidine rings is 1. The molecule has 1 N–H and O–H groups in total. The molecule has 1 heterocycles. The Bertz CT molecular complexity index is 536. The molecule has 0 aromatic heterocycles. The van der Waals surface area contributed by atoms with E-state index in [1.165, 1.54) is 54.3 Å². The fourth-order valence-corrected chi connectivity index (χ4v) is 5.45. The van der Waals surface area contributed by atoms with Crippen LogP contribution in [0.15, 0.2) is 18.2 Å². The minimum Gasteiger partial charge on any atom is -0.508 e. The van der Waals surface area contributed by atoms with E-state index in [4.69, 9.17) is 0 Å². The van der Waals surface area contributed by atoms with Crippen molar-refractivity contribution in [3.05, 3.63) is 29.3 Å². The van der Waals surface area contributed by atoms with Gasteiger partial charge in [0.25, 0.3) is 0 Å². The van der Waals surface area contributed by atoms with Crippen molar-refractivity contribution in [3.63, 3.8) is 0 Å². The quantitative estimate of drug-likeness (QED) is 0.719. The molecule has 3 aliphatic rings. The standard InChI is InChI=1S/C18H25NO/c1-19(2)9-8-12-4-3-5-15-16-11-14(20)7-6-13(16)10-17(19)18(12)15/h6-7,11-12,15,17-18H,3-5,8-10H2,1-2H3/p+1. The van der Waals surface area contributed by atoms with Crippen molar-refractivity contribution in [2.24, 2.45) is 11.8 Å². The van der Waals surface area contributed by atoms with Crippen molar-refractivity contribution in [2.75, 3.05) is 20.6 Å². The molecule has 0 amide bonds. The number of quaternary nitrogens is 1. The van der Waals surface area contributed by atoms with Crippen molar-refractivity contribution < 1.29 is 9.59 Å². The van der Waals surface area contributed by atoms with Gasteiger partial charge in [-0.1, -0.05) is 12.5 Å². The molecule has 108 valence electrons. The van der Waals surface area contributed by atoms with Gasteiger partial charge in [0, 0.05) is 12.3 Å². The fraction of sp³-hybridized carbons (Fsp3) is 0.667. The summed E-state index contributed by atoms with van der Waals surface area (Å²) in [5.41, 5.74) is 2.97. The zero-order valence-electron chi connectivity index (χ0n) is 12.7. The first kappa shape index (κ1) is 12.7. The lowest BCUT2D eigenvalue weighted by atomic mass is 9.58. The Kier molecular flexibility index (Phi) is 2.69. The largest absolute Gasteiger partial charge is 0.508 e. The molecule has 2 heteroatoms. The Morgan fingerprint density at radius 2 is 2.00 bits per heavy atom. The van der Waals surface area contributed by atoms with Gasteiger partial charge >= 0.3 is 0 Å². The van der Waals surface area contributed by atoms with Crippen LogP contribution in [-0.4, -0.2) is 36.3 Å². The second-order valence-corrected chi connectivity index (χ2v) is 7.82. The van der Waals surface area contributed by atoms with E-state index < -0.39 is 0 Å². The van der Waals surface area contributed by atoms with Crippen LogP contribution in [0, 0.1) is 11.8 Å². The zero-order chi connectivity index (χ0) is 13.9. The predicted octanol–water partition coefficient (Wildman–Crippen LogP) is 3.30. The van der Waals surface area contributed by atoms with Gasteiger partial charge in [0.2, 0.25) is 0 Å². The summed E-state index contributed by atoms with van der Waals surface area (Å²) in [7, 11) is 4.86. The van der Waals surface area contributed by atoms with Crippen LogP contribution in [0.25, 0.3) is 0 Å². The van der Waals surface area contributed by atoms with E-state index in [0.29, 0.717) is 11.7 Å². The van der Waals surface area contributed by atoms with Gasteiger partial charge in [0.05, 0.1) is 26.7 Å². The molecule has 0 radical (unpaired) electrons. The van der Waals surface area contributed by atoms with Gasteiger partial charge in [-0.3, -0.25) is 0 Å². The van der Waals surface area contributed by atoms with Gasteiger partial charge in [-0.15, -0.1) is 0 Å². The number of likely N-dealkylation sites (N-methyl/N-ethyl adjacent to an activating group) is 1. The molecule has 1 saturated heterocycles. The number of rotatable bonds is 0. The van der Waals surface area contributed by atoms with Crippen LogP contribution in [0.4, 0.5) is 0 Å². The van der Waals surface area contributed by atoms with Crippen LogP contribution >= 0.6 is 0 Å². The van der Waals surface area contributed by atoms with Gasteiger partial charge in [-0.2, -0.15) is 0 Å². The van der Waals surface area contributed by atoms with Gasteiger partial charge in [-0.05, 0) is 54.4 Å². The number of phenols is 1. The number of hydrogen-bond acceptors (Lipinski definition) is 1. The minimum atomic E-state index is 0.453. The molecule has 1 aliphatic heterocycles. The summed E-state index contributed by atoms with van der Waals surface area (Å²) in [4.78, 5) is 0. The van der Waals surface area contributed by atoms with Gasteiger partial charge in [-0.25, -0.2) is 0 Å². The molecule has 2 nitrogen and oxygen atoms in total. The average molecular weight is 272 g/mol. The van der Waals surface area contributed by atoms with Gasteiger partial charge in [0.1, 0.15) is 5.75 Å². The first-order valence-corrected chi connectivity index (χ1v) is 8.21. The molecule has 4 rings (SSSR count). The second-order valence-electron chi connectivity index (χ2n) is 7.82. The van der Waals surface area contributed by atoms with Crippen LogP contribution in [-0.2, 0) is 6.42 Å². The zero-order valence-corrected chi connectivity index (χ0v) is 12.7. The van der Waals surface area contributed by atoms with Crippen LogP contribution in [0.1, 0.15) is 42.7 Å². The van der Waals surface area contributed by atoms with Crippen molar-refractivity contribution in [1.29, 1.82) is 0 Å². The molecular formula is C18H26NO+. The van der Waals surface area contributed by atoms with Crippen LogP contribution in [0.3, 0.4) is 0 Å². The van der Waals surface area contributed by atoms with Crippen molar-refractivity contribution in [1.82, 2.24) is 0 Å². The highest BCUT2D eigenvalue weighted by Gasteiger charge is 2.52. The van der Waals surface area contributed by atoms with Crippen molar-refractivity contribution >= 4 is 0 Å². The van der Waals surface area contributed by atoms with E-state index in [1.54, 1.807) is 0 Å². The van der Waals surface area contributed by atoms with E-state index in [1.807, 2.05) is 6.07 Å². The van der Waals surface area contributed by atoms with E-state index in [9.17, 15) is 5.11 Å². The molecule has 1 saturated carbocycles. The minimum absolute atomic E-state index is 0.453. The highest BCUT2D eigenvalue weighted by molar-refractivity contribution is 5.41. The summed E-state index contributed by atoms with van der Waals surface area (Å²) < 4.78 is 1.19. The number of aromatic hydroxyl groups is 1. The smallest absolute Gasteiger partial charge is 0.115 e. The number of phenolic OH excluding ortho intramolecular Hbond substituents is 1. The summed E-state index contributed by atoms with van der Waals surface area (Å²) >= 11 is 0. The summed E-state index contributed by atoms with van der Waals surface area (Å²) in [6.45, 7) is 1.34. The van der Waals surface area contributed by atoms with Gasteiger partial charge in [0.15, 0.2) is 0 Å². The van der Waals surface area contributed by atoms with E-state index >= 15 is 0 Å². The molecule has 0 spiro atoms. The molecule has 4 unspecified atom stereocenters. The molecule has 2 aliphatic carbocycles. The van der Waals surface area contributed by atoms with Crippen LogP contribution in [0.5, 0.6) is 5.75 Å². The van der Waals surface area contributed by atoms with Gasteiger partial charge < -0.3 is 9.59 Å². The lowest BCUT2D eigenvalue weighted by Gasteiger charge is -2.56. The molecule has 0 bridgehead atoms. The maximum atomic E-state index is 9.88. The maximum absolute atomic E-state index is 9.88. The number of hydrogen-bond donors (Lipinski definition) is 1. The molecule has 1 aromatic rings. The monoisotopic (exact) mass is 272 g/mol. The Labute approximate surface area is 122 Å². The Balaban J connectivity index is 1.83. The maximum Gasteiger partial charge on any atom is 0.115 e. The highest BCUT2D eigenvalue weighted by Crippen LogP contribution is 2.53. The Morgan fingerprint density at radius 1 is 1.15 bits per heavy atom. The third-order valence-corrected chi connectivity index (χ3v) is 6.48. The average Bonchev–Trinajstić information content (AvgIpc) is 2.43. The summed E-state index contributed by atoms with van der Waals surface area (Å²) in [6, 6.07) is 6.91. The molecule has 20 heavy (non-hydrogen) atoms. The summed E-state index contributed by atoms with van der Waals surface area (Å²) in [5, 5.41) is 9.88. The molecule has 2 fully saturated rings. The first-order chi connectivity index (χ1) is 9.56. The Morgan fingerprint density at radius 3 is 2.85 bits per heavy atom. The second kappa shape index (κ2) is 4.24. The third-order valence-electron chi connectivity index (χ3n) is 6.48. The SMILES string of the molecule is C[N+]1(C)CCC2CCCC3c4cc(O)ccc4CC1C23. The molecule has 4 atom stereocenters. The topological polar surface area (TPSA) is 20.2 Å². The van der Waals surface area contributed by atoms with Crippen molar-refractivity contribution in [3.8, 4) is 5.75 Å². The number of benzene rings is 1.